The van der Waals surface area contributed by atoms with Crippen LogP contribution in [0.25, 0.3) is 0 Å². The van der Waals surface area contributed by atoms with Crippen molar-refractivity contribution < 1.29 is 19.2 Å². The SMILES string of the molecule is CCCCCCCCCCCCN(CC1=CC(=O)C(CN(CCCCCCCCCCCC)C(=O)Cl)=C(C(C)c2ccc(C(C)(C)C)cc2)C1=O)C(=O)Cl. The van der Waals surface area contributed by atoms with E-state index in [4.69, 9.17) is 23.2 Å². The van der Waals surface area contributed by atoms with Crippen molar-refractivity contribution in [2.24, 2.45) is 0 Å². The monoisotopic (exact) mass is 786 g/mol. The number of carbonyl (C=O) groups excluding carboxylic acids is 4. The zero-order valence-corrected chi connectivity index (χ0v) is 36.2. The molecule has 1 atom stereocenters. The Kier molecular flexibility index (Phi) is 23.3. The molecule has 0 heterocycles. The normalized spacial score (nSPS) is 14.0. The van der Waals surface area contributed by atoms with E-state index in [1.165, 1.54) is 106 Å². The molecule has 0 fully saturated rings. The number of allylic oxidation sites excluding steroid dienone is 2. The first kappa shape index (κ1) is 47.7. The molecule has 1 unspecified atom stereocenters. The highest BCUT2D eigenvalue weighted by Crippen LogP contribution is 2.35. The van der Waals surface area contributed by atoms with Crippen LogP contribution in [-0.2, 0) is 15.0 Å². The molecule has 0 bridgehead atoms. The van der Waals surface area contributed by atoms with Crippen LogP contribution in [0.4, 0.5) is 9.59 Å². The van der Waals surface area contributed by atoms with Crippen LogP contribution in [0.2, 0.25) is 0 Å². The fourth-order valence-corrected chi connectivity index (χ4v) is 7.65. The van der Waals surface area contributed by atoms with Crippen molar-refractivity contribution in [2.75, 3.05) is 26.2 Å². The van der Waals surface area contributed by atoms with Gasteiger partial charge in [-0.15, -0.1) is 0 Å². The number of nitrogens with zero attached hydrogens (tertiary/aromatic N) is 2. The first-order chi connectivity index (χ1) is 25.8. The molecule has 8 heteroatoms. The fraction of sp³-hybridized carbons (Fsp3) is 0.696. The highest BCUT2D eigenvalue weighted by atomic mass is 35.5. The summed E-state index contributed by atoms with van der Waals surface area (Å²) in [5.41, 5.74) is 2.91. The Balaban J connectivity index is 2.19. The van der Waals surface area contributed by atoms with Crippen LogP contribution in [-0.4, -0.2) is 58.3 Å². The second kappa shape index (κ2) is 26.4. The lowest BCUT2D eigenvalue weighted by Crippen LogP contribution is -2.37. The number of amides is 2. The molecule has 2 rings (SSSR count). The lowest BCUT2D eigenvalue weighted by Gasteiger charge is -2.29. The zero-order chi connectivity index (χ0) is 39.9. The fourth-order valence-electron chi connectivity index (χ4n) is 7.37. The molecule has 0 radical (unpaired) electrons. The Hall–Kier alpha value is -2.44. The molecular formula is C46H72Cl2N2O4. The van der Waals surface area contributed by atoms with Crippen molar-refractivity contribution in [2.45, 2.75) is 181 Å². The molecule has 1 aromatic carbocycles. The number of hydrogen-bond acceptors (Lipinski definition) is 4. The van der Waals surface area contributed by atoms with Gasteiger partial charge in [0, 0.05) is 35.7 Å². The van der Waals surface area contributed by atoms with Gasteiger partial charge in [0.25, 0.3) is 0 Å². The summed E-state index contributed by atoms with van der Waals surface area (Å²) in [6.45, 7) is 13.6. The number of unbranched alkanes of at least 4 members (excludes halogenated alkanes) is 18. The Bertz CT molecular complexity index is 1360. The summed E-state index contributed by atoms with van der Waals surface area (Å²) >= 11 is 12.2. The van der Waals surface area contributed by atoms with Crippen molar-refractivity contribution in [3.63, 3.8) is 0 Å². The largest absolute Gasteiger partial charge is 0.325 e. The highest BCUT2D eigenvalue weighted by molar-refractivity contribution is 6.63. The van der Waals surface area contributed by atoms with E-state index in [0.29, 0.717) is 18.7 Å². The summed E-state index contributed by atoms with van der Waals surface area (Å²) in [6, 6.07) is 8.16. The molecule has 1 aliphatic carbocycles. The highest BCUT2D eigenvalue weighted by Gasteiger charge is 2.35. The van der Waals surface area contributed by atoms with Gasteiger partial charge in [0.05, 0.1) is 13.1 Å². The number of benzene rings is 1. The average Bonchev–Trinajstić information content (AvgIpc) is 3.13. The van der Waals surface area contributed by atoms with Crippen molar-refractivity contribution in [3.8, 4) is 0 Å². The van der Waals surface area contributed by atoms with Crippen LogP contribution in [0.5, 0.6) is 0 Å². The van der Waals surface area contributed by atoms with E-state index in [0.717, 1.165) is 49.7 Å². The van der Waals surface area contributed by atoms with Gasteiger partial charge in [0.15, 0.2) is 11.6 Å². The molecule has 0 N–H and O–H groups in total. The lowest BCUT2D eigenvalue weighted by atomic mass is 9.78. The van der Waals surface area contributed by atoms with Gasteiger partial charge < -0.3 is 9.80 Å². The molecule has 0 aromatic heterocycles. The molecule has 0 saturated carbocycles. The third kappa shape index (κ3) is 17.6. The van der Waals surface area contributed by atoms with Crippen molar-refractivity contribution in [1.29, 1.82) is 0 Å². The number of halogens is 2. The second-order valence-electron chi connectivity index (χ2n) is 16.6. The Morgan fingerprint density at radius 2 is 1.00 bits per heavy atom. The molecule has 304 valence electrons. The molecule has 6 nitrogen and oxygen atoms in total. The van der Waals surface area contributed by atoms with E-state index in [1.54, 1.807) is 0 Å². The number of carbonyl (C=O) groups is 4. The van der Waals surface area contributed by atoms with Crippen LogP contribution in [0.1, 0.15) is 187 Å². The van der Waals surface area contributed by atoms with Gasteiger partial charge in [-0.25, -0.2) is 0 Å². The summed E-state index contributed by atoms with van der Waals surface area (Å²) in [7, 11) is 0. The van der Waals surface area contributed by atoms with Gasteiger partial charge >= 0.3 is 10.7 Å². The van der Waals surface area contributed by atoms with E-state index in [-0.39, 0.29) is 41.2 Å². The molecule has 54 heavy (non-hydrogen) atoms. The van der Waals surface area contributed by atoms with Gasteiger partial charge in [-0.1, -0.05) is 181 Å². The summed E-state index contributed by atoms with van der Waals surface area (Å²) < 4.78 is 0. The average molecular weight is 788 g/mol. The topological polar surface area (TPSA) is 74.8 Å². The predicted molar refractivity (Wildman–Crippen MR) is 228 cm³/mol. The van der Waals surface area contributed by atoms with Crippen LogP contribution >= 0.6 is 23.2 Å². The maximum absolute atomic E-state index is 14.4. The molecule has 0 saturated heterocycles. The maximum Gasteiger partial charge on any atom is 0.316 e. The summed E-state index contributed by atoms with van der Waals surface area (Å²) in [5.74, 6) is -1.05. The predicted octanol–water partition coefficient (Wildman–Crippen LogP) is 13.6. The zero-order valence-electron chi connectivity index (χ0n) is 34.7. The lowest BCUT2D eigenvalue weighted by molar-refractivity contribution is -0.116. The third-order valence-corrected chi connectivity index (χ3v) is 11.4. The summed E-state index contributed by atoms with van der Waals surface area (Å²) in [6.07, 6.45) is 24.7. The molecule has 0 aliphatic heterocycles. The van der Waals surface area contributed by atoms with Gasteiger partial charge in [-0.2, -0.15) is 0 Å². The minimum atomic E-state index is -0.635. The van der Waals surface area contributed by atoms with Crippen LogP contribution < -0.4 is 0 Å². The van der Waals surface area contributed by atoms with E-state index in [9.17, 15) is 19.2 Å². The Labute approximate surface area is 338 Å². The number of rotatable bonds is 28. The van der Waals surface area contributed by atoms with E-state index in [1.807, 2.05) is 19.1 Å². The van der Waals surface area contributed by atoms with Gasteiger partial charge in [-0.05, 0) is 58.7 Å². The summed E-state index contributed by atoms with van der Waals surface area (Å²) in [4.78, 5) is 56.6. The quantitative estimate of drug-likeness (QED) is 0.0367. The van der Waals surface area contributed by atoms with Crippen LogP contribution in [0.3, 0.4) is 0 Å². The molecule has 0 spiro atoms. The van der Waals surface area contributed by atoms with Gasteiger partial charge in [0.1, 0.15) is 0 Å². The summed E-state index contributed by atoms with van der Waals surface area (Å²) in [5, 5.41) is -1.27. The van der Waals surface area contributed by atoms with Gasteiger partial charge in [-0.3, -0.25) is 19.2 Å². The maximum atomic E-state index is 14.4. The minimum absolute atomic E-state index is 0.0342. The Morgan fingerprint density at radius 3 is 1.39 bits per heavy atom. The standard InChI is InChI=1S/C46H72Cl2N2O4/c1-7-9-11-13-15-17-19-21-23-25-31-49(44(47)53)34-38-33-41(51)40(35-50(45(48)54)32-26-24-22-20-18-16-14-12-10-8-2)42(43(38)52)36(3)37-27-29-39(30-28-37)46(4,5)6/h27-30,33,36H,7-26,31-32,34-35H2,1-6H3. The number of ketones is 2. The molecular weight excluding hydrogens is 715 g/mol. The molecule has 2 amide bonds. The van der Waals surface area contributed by atoms with Crippen LogP contribution in [0, 0.1) is 0 Å². The van der Waals surface area contributed by atoms with E-state index < -0.39 is 16.7 Å². The third-order valence-electron chi connectivity index (χ3n) is 10.9. The van der Waals surface area contributed by atoms with E-state index in [2.05, 4.69) is 46.8 Å². The first-order valence-electron chi connectivity index (χ1n) is 21.3. The Morgan fingerprint density at radius 1 is 0.611 bits per heavy atom. The minimum Gasteiger partial charge on any atom is -0.325 e. The molecule has 1 aliphatic rings. The van der Waals surface area contributed by atoms with Crippen molar-refractivity contribution in [1.82, 2.24) is 9.80 Å². The smallest absolute Gasteiger partial charge is 0.316 e. The van der Waals surface area contributed by atoms with E-state index >= 15 is 0 Å². The number of Topliss-reactive ketones (excluding diaryl/α,β-unsaturated/α-hetero) is 1. The second-order valence-corrected chi connectivity index (χ2v) is 17.2. The van der Waals surface area contributed by atoms with Crippen LogP contribution in [0.15, 0.2) is 47.1 Å². The van der Waals surface area contributed by atoms with Gasteiger partial charge in [0.2, 0.25) is 0 Å². The van der Waals surface area contributed by atoms with Crippen molar-refractivity contribution in [3.05, 3.63) is 58.2 Å². The molecule has 1 aromatic rings. The van der Waals surface area contributed by atoms with Crippen molar-refractivity contribution >= 4 is 45.5 Å². The first-order valence-corrected chi connectivity index (χ1v) is 22.1. The number of hydrogen-bond donors (Lipinski definition) is 0.